The van der Waals surface area contributed by atoms with Crippen LogP contribution in [0.15, 0.2) is 30.5 Å². The number of fused-ring (bicyclic) bond motifs is 1. The molecule has 0 N–H and O–H groups in total. The van der Waals surface area contributed by atoms with Gasteiger partial charge in [0.1, 0.15) is 5.82 Å². The monoisotopic (exact) mass is 253 g/mol. The molecule has 0 fully saturated rings. The predicted octanol–water partition coefficient (Wildman–Crippen LogP) is -0.568. The number of nitrogens with zero attached hydrogens (tertiary/aromatic N) is 1. The van der Waals surface area contributed by atoms with E-state index in [9.17, 15) is 17.3 Å². The summed E-state index contributed by atoms with van der Waals surface area (Å²) in [6.45, 7) is -5.35. The second-order valence-corrected chi connectivity index (χ2v) is 3.12. The Kier molecular flexibility index (Phi) is 4.53. The Morgan fingerprint density at radius 1 is 1.06 bits per heavy atom. The summed E-state index contributed by atoms with van der Waals surface area (Å²) in [5, 5.41) is -0.103. The molecule has 2 rings (SSSR count). The third kappa shape index (κ3) is 2.65. The largest absolute Gasteiger partial charge is 1.00 e. The molecule has 0 aliphatic rings. The van der Waals surface area contributed by atoms with Crippen LogP contribution in [0.2, 0.25) is 0 Å². The fourth-order valence-corrected chi connectivity index (χ4v) is 1.35. The number of hydrogen-bond acceptors (Lipinski definition) is 1. The van der Waals surface area contributed by atoms with Crippen molar-refractivity contribution < 1.29 is 68.7 Å². The van der Waals surface area contributed by atoms with Crippen LogP contribution in [-0.4, -0.2) is 12.0 Å². The number of halogens is 4. The molecule has 16 heavy (non-hydrogen) atoms. The van der Waals surface area contributed by atoms with Crippen LogP contribution in [0.4, 0.5) is 17.3 Å². The summed E-state index contributed by atoms with van der Waals surface area (Å²) < 4.78 is 50.5. The summed E-state index contributed by atoms with van der Waals surface area (Å²) in [6, 6.07) is 5.81. The molecular formula is C9H5BF4KN. The summed E-state index contributed by atoms with van der Waals surface area (Å²) in [5.41, 5.74) is -1.05. The molecule has 0 bridgehead atoms. The van der Waals surface area contributed by atoms with Gasteiger partial charge in [-0.05, 0) is 12.1 Å². The van der Waals surface area contributed by atoms with Crippen molar-refractivity contribution in [1.29, 1.82) is 0 Å². The van der Waals surface area contributed by atoms with E-state index in [0.717, 1.165) is 0 Å². The number of pyridine rings is 1. The standard InChI is InChI=1S/C9H5BF4N.K/c11-9-6-3-1-2-4-8(6)15-5-7(9)10(12,13)14;/h1-5H;/q-1;+1. The molecule has 0 aliphatic carbocycles. The van der Waals surface area contributed by atoms with E-state index in [-0.39, 0.29) is 62.3 Å². The van der Waals surface area contributed by atoms with Crippen molar-refractivity contribution in [1.82, 2.24) is 4.98 Å². The van der Waals surface area contributed by atoms with Crippen molar-refractivity contribution in [2.75, 3.05) is 0 Å². The molecule has 1 nitrogen and oxygen atoms in total. The van der Waals surface area contributed by atoms with Gasteiger partial charge in [0.15, 0.2) is 0 Å². The smallest absolute Gasteiger partial charge is 0.445 e. The van der Waals surface area contributed by atoms with Gasteiger partial charge in [0, 0.05) is 11.6 Å². The van der Waals surface area contributed by atoms with Crippen molar-refractivity contribution in [2.24, 2.45) is 0 Å². The topological polar surface area (TPSA) is 12.9 Å². The molecule has 2 aromatic rings. The van der Waals surface area contributed by atoms with Gasteiger partial charge in [0.05, 0.1) is 5.52 Å². The summed E-state index contributed by atoms with van der Waals surface area (Å²) >= 11 is 0. The molecular weight excluding hydrogens is 248 g/mol. The van der Waals surface area contributed by atoms with E-state index < -0.39 is 18.3 Å². The Hall–Kier alpha value is 0.0513. The van der Waals surface area contributed by atoms with Crippen LogP contribution >= 0.6 is 0 Å². The molecule has 0 saturated heterocycles. The molecule has 0 saturated carbocycles. The summed E-state index contributed by atoms with van der Waals surface area (Å²) in [4.78, 5) is 3.56. The van der Waals surface area contributed by atoms with Gasteiger partial charge in [0.25, 0.3) is 0 Å². The molecule has 78 valence electrons. The number of para-hydroxylation sites is 1. The molecule has 0 spiro atoms. The van der Waals surface area contributed by atoms with Crippen molar-refractivity contribution in [3.05, 3.63) is 36.3 Å². The normalized spacial score (nSPS) is 11.2. The Balaban J connectivity index is 0.00000128. The summed E-state index contributed by atoms with van der Waals surface area (Å²) in [7, 11) is 0. The Morgan fingerprint density at radius 3 is 2.31 bits per heavy atom. The minimum atomic E-state index is -5.35. The number of rotatable bonds is 1. The zero-order valence-electron chi connectivity index (χ0n) is 8.42. The second kappa shape index (κ2) is 5.14. The van der Waals surface area contributed by atoms with Crippen LogP contribution in [0.3, 0.4) is 0 Å². The number of benzene rings is 1. The maximum atomic E-state index is 13.4. The van der Waals surface area contributed by atoms with Crippen LogP contribution in [0.5, 0.6) is 0 Å². The molecule has 0 atom stereocenters. The minimum absolute atomic E-state index is 0. The van der Waals surface area contributed by atoms with E-state index in [1.54, 1.807) is 6.07 Å². The third-order valence-corrected chi connectivity index (χ3v) is 2.09. The van der Waals surface area contributed by atoms with E-state index in [1.807, 2.05) is 0 Å². The van der Waals surface area contributed by atoms with Gasteiger partial charge in [0.2, 0.25) is 0 Å². The first-order chi connectivity index (χ1) is 7.00. The van der Waals surface area contributed by atoms with Crippen molar-refractivity contribution in [3.8, 4) is 0 Å². The van der Waals surface area contributed by atoms with E-state index in [0.29, 0.717) is 6.20 Å². The molecule has 1 heterocycles. The number of aromatic nitrogens is 1. The minimum Gasteiger partial charge on any atom is -0.445 e. The van der Waals surface area contributed by atoms with Crippen LogP contribution in [0, 0.1) is 5.82 Å². The first kappa shape index (κ1) is 14.1. The van der Waals surface area contributed by atoms with E-state index in [1.165, 1.54) is 18.2 Å². The summed E-state index contributed by atoms with van der Waals surface area (Å²) in [6.07, 6.45) is 0.539. The SMILES string of the molecule is Fc1c([B-](F)(F)F)cnc2ccccc12.[K+]. The first-order valence-electron chi connectivity index (χ1n) is 4.23. The van der Waals surface area contributed by atoms with Gasteiger partial charge in [-0.25, -0.2) is 4.39 Å². The molecule has 1 aromatic carbocycles. The van der Waals surface area contributed by atoms with E-state index in [2.05, 4.69) is 4.98 Å². The van der Waals surface area contributed by atoms with Crippen molar-refractivity contribution in [2.45, 2.75) is 0 Å². The Labute approximate surface area is 132 Å². The predicted molar refractivity (Wildman–Crippen MR) is 50.4 cm³/mol. The van der Waals surface area contributed by atoms with Crippen molar-refractivity contribution >= 4 is 23.3 Å². The van der Waals surface area contributed by atoms with E-state index >= 15 is 0 Å². The zero-order chi connectivity index (χ0) is 11.1. The average molecular weight is 253 g/mol. The maximum absolute atomic E-state index is 13.4. The quantitative estimate of drug-likeness (QED) is 0.490. The van der Waals surface area contributed by atoms with Crippen molar-refractivity contribution in [3.63, 3.8) is 0 Å². The van der Waals surface area contributed by atoms with Crippen LogP contribution < -0.4 is 56.8 Å². The maximum Gasteiger partial charge on any atom is 1.00 e. The molecule has 0 aliphatic heterocycles. The zero-order valence-corrected chi connectivity index (χ0v) is 11.5. The first-order valence-corrected chi connectivity index (χ1v) is 4.23. The fraction of sp³-hybridized carbons (Fsp3) is 0. The van der Waals surface area contributed by atoms with E-state index in [4.69, 9.17) is 0 Å². The molecule has 7 heteroatoms. The Bertz CT molecular complexity index is 514. The van der Waals surface area contributed by atoms with Gasteiger partial charge < -0.3 is 12.9 Å². The fourth-order valence-electron chi connectivity index (χ4n) is 1.35. The third-order valence-electron chi connectivity index (χ3n) is 2.09. The van der Waals surface area contributed by atoms with Gasteiger partial charge in [-0.2, -0.15) is 0 Å². The van der Waals surface area contributed by atoms with Crippen LogP contribution in [-0.2, 0) is 0 Å². The molecule has 0 radical (unpaired) electrons. The van der Waals surface area contributed by atoms with Gasteiger partial charge in [-0.1, -0.05) is 17.6 Å². The summed E-state index contributed by atoms with van der Waals surface area (Å²) in [5.74, 6) is -1.24. The number of hydrogen-bond donors (Lipinski definition) is 0. The molecule has 0 unspecified atom stereocenters. The Morgan fingerprint density at radius 2 is 1.69 bits per heavy atom. The van der Waals surface area contributed by atoms with Crippen LogP contribution in [0.25, 0.3) is 10.9 Å². The van der Waals surface area contributed by atoms with Gasteiger partial charge in [-0.15, -0.1) is 0 Å². The second-order valence-electron chi connectivity index (χ2n) is 3.12. The molecule has 1 aromatic heterocycles. The van der Waals surface area contributed by atoms with Gasteiger partial charge in [-0.3, -0.25) is 4.98 Å². The van der Waals surface area contributed by atoms with Crippen LogP contribution in [0.1, 0.15) is 0 Å². The average Bonchev–Trinajstić information content (AvgIpc) is 2.16. The van der Waals surface area contributed by atoms with Gasteiger partial charge >= 0.3 is 58.4 Å². The molecule has 0 amide bonds.